The molecule has 0 saturated carbocycles. The van der Waals surface area contributed by atoms with Crippen molar-refractivity contribution < 1.29 is 9.53 Å². The average molecular weight is 549 g/mol. The average Bonchev–Trinajstić information content (AvgIpc) is 3.24. The summed E-state index contributed by atoms with van der Waals surface area (Å²) in [5.74, 6) is -0.338. The van der Waals surface area contributed by atoms with Crippen molar-refractivity contribution in [3.8, 4) is 0 Å². The molecule has 0 radical (unpaired) electrons. The molecule has 0 aliphatic carbocycles. The Hall–Kier alpha value is -2.16. The van der Waals surface area contributed by atoms with Gasteiger partial charge in [-0.2, -0.15) is 0 Å². The van der Waals surface area contributed by atoms with Crippen LogP contribution in [0.3, 0.4) is 0 Å². The van der Waals surface area contributed by atoms with Crippen molar-refractivity contribution in [1.82, 2.24) is 9.80 Å². The van der Waals surface area contributed by atoms with Crippen LogP contribution in [0.15, 0.2) is 54.6 Å². The number of carbonyl (C=O) groups excluding carboxylic acids is 1. The van der Waals surface area contributed by atoms with Crippen LogP contribution in [-0.4, -0.2) is 53.7 Å². The van der Waals surface area contributed by atoms with Gasteiger partial charge in [-0.15, -0.1) is 11.3 Å². The number of nitrogens with zero attached hydrogens (tertiary/aromatic N) is 2. The Balaban J connectivity index is 1.40. The number of thiocarbonyl (C=S) groups is 1. The molecule has 1 N–H and O–H groups in total. The molecule has 2 heterocycles. The van der Waals surface area contributed by atoms with Crippen LogP contribution in [-0.2, 0) is 17.7 Å². The van der Waals surface area contributed by atoms with Crippen LogP contribution >= 0.6 is 46.8 Å². The Morgan fingerprint density at radius 2 is 1.74 bits per heavy atom. The largest absolute Gasteiger partial charge is 0.462 e. The molecule has 1 aliphatic heterocycles. The van der Waals surface area contributed by atoms with E-state index in [0.717, 1.165) is 48.0 Å². The number of piperazine rings is 1. The van der Waals surface area contributed by atoms with Gasteiger partial charge in [-0.3, -0.25) is 4.90 Å². The van der Waals surface area contributed by atoms with E-state index in [1.54, 1.807) is 11.3 Å². The maximum absolute atomic E-state index is 12.6. The minimum Gasteiger partial charge on any atom is -0.462 e. The van der Waals surface area contributed by atoms with Crippen LogP contribution in [0.1, 0.15) is 33.3 Å². The van der Waals surface area contributed by atoms with Gasteiger partial charge in [-0.1, -0.05) is 59.6 Å². The lowest BCUT2D eigenvalue weighted by molar-refractivity contribution is 0.0528. The van der Waals surface area contributed by atoms with Crippen molar-refractivity contribution in [3.63, 3.8) is 0 Å². The minimum absolute atomic E-state index is 0.323. The van der Waals surface area contributed by atoms with Crippen molar-refractivity contribution >= 4 is 62.8 Å². The molecular formula is C26H27Cl2N3O2S2. The molecule has 35 heavy (non-hydrogen) atoms. The maximum atomic E-state index is 12.6. The molecule has 1 fully saturated rings. The molecule has 5 nitrogen and oxygen atoms in total. The zero-order chi connectivity index (χ0) is 24.8. The van der Waals surface area contributed by atoms with Crippen LogP contribution in [0.25, 0.3) is 0 Å². The predicted octanol–water partition coefficient (Wildman–Crippen LogP) is 6.34. The molecule has 9 heteroatoms. The van der Waals surface area contributed by atoms with Gasteiger partial charge in [-0.25, -0.2) is 4.79 Å². The molecule has 3 aromatic rings. The first-order chi connectivity index (χ1) is 16.9. The lowest BCUT2D eigenvalue weighted by Gasteiger charge is -2.36. The minimum atomic E-state index is -0.338. The predicted molar refractivity (Wildman–Crippen MR) is 149 cm³/mol. The zero-order valence-corrected chi connectivity index (χ0v) is 22.6. The molecule has 1 aliphatic rings. The summed E-state index contributed by atoms with van der Waals surface area (Å²) in [6.45, 7) is 6.03. The van der Waals surface area contributed by atoms with Crippen LogP contribution in [0.5, 0.6) is 0 Å². The molecule has 0 unspecified atom stereocenters. The Morgan fingerprint density at radius 3 is 2.40 bits per heavy atom. The summed E-state index contributed by atoms with van der Waals surface area (Å²) in [5, 5.41) is 6.03. The molecule has 1 aromatic heterocycles. The highest BCUT2D eigenvalue weighted by Crippen LogP contribution is 2.31. The first-order valence-electron chi connectivity index (χ1n) is 11.5. The standard InChI is InChI=1S/C26H27Cl2N3O2S2/c1-2-33-25(32)20-16-19(15-18-7-4-3-5-8-18)35-24(20)29-26(34)31-13-11-30(12-14-31)17-21-22(27)9-6-10-23(21)28/h3-10,16H,2,11-15,17H2,1H3,(H,29,34). The van der Waals surface area contributed by atoms with E-state index in [1.165, 1.54) is 5.56 Å². The van der Waals surface area contributed by atoms with E-state index < -0.39 is 0 Å². The second kappa shape index (κ2) is 12.2. The summed E-state index contributed by atoms with van der Waals surface area (Å²) in [7, 11) is 0. The SMILES string of the molecule is CCOC(=O)c1cc(Cc2ccccc2)sc1NC(=S)N1CCN(Cc2c(Cl)cccc2Cl)CC1. The number of esters is 1. The van der Waals surface area contributed by atoms with Crippen LogP contribution < -0.4 is 5.32 Å². The highest BCUT2D eigenvalue weighted by molar-refractivity contribution is 7.80. The first kappa shape index (κ1) is 25.9. The normalized spacial score (nSPS) is 14.1. The summed E-state index contributed by atoms with van der Waals surface area (Å²) in [5.41, 5.74) is 2.67. The second-order valence-electron chi connectivity index (χ2n) is 8.23. The Morgan fingerprint density at radius 1 is 1.06 bits per heavy atom. The van der Waals surface area contributed by atoms with Gasteiger partial charge in [0.05, 0.1) is 12.2 Å². The lowest BCUT2D eigenvalue weighted by Crippen LogP contribution is -2.49. The third kappa shape index (κ3) is 6.74. The van der Waals surface area contributed by atoms with Gasteiger partial charge in [0.2, 0.25) is 0 Å². The Bertz CT molecular complexity index is 1160. The van der Waals surface area contributed by atoms with Crippen molar-refractivity contribution in [2.45, 2.75) is 19.9 Å². The highest BCUT2D eigenvalue weighted by atomic mass is 35.5. The summed E-state index contributed by atoms with van der Waals surface area (Å²) in [6.07, 6.45) is 0.746. The number of ether oxygens (including phenoxy) is 1. The third-order valence-electron chi connectivity index (χ3n) is 5.82. The van der Waals surface area contributed by atoms with Gasteiger partial charge in [0.15, 0.2) is 5.11 Å². The fourth-order valence-corrected chi connectivity index (χ4v) is 5.92. The van der Waals surface area contributed by atoms with Gasteiger partial charge in [0, 0.05) is 59.6 Å². The summed E-state index contributed by atoms with van der Waals surface area (Å²) in [4.78, 5) is 18.1. The van der Waals surface area contributed by atoms with E-state index in [1.807, 2.05) is 49.4 Å². The van der Waals surface area contributed by atoms with Crippen molar-refractivity contribution in [2.75, 3.05) is 38.1 Å². The van der Waals surface area contributed by atoms with Crippen molar-refractivity contribution in [3.05, 3.63) is 86.2 Å². The van der Waals surface area contributed by atoms with Gasteiger partial charge >= 0.3 is 5.97 Å². The summed E-state index contributed by atoms with van der Waals surface area (Å²) < 4.78 is 5.29. The number of hydrogen-bond acceptors (Lipinski definition) is 5. The highest BCUT2D eigenvalue weighted by Gasteiger charge is 2.23. The van der Waals surface area contributed by atoms with E-state index in [2.05, 4.69) is 27.2 Å². The fraction of sp³-hybridized carbons (Fsp3) is 0.308. The van der Waals surface area contributed by atoms with Crippen LogP contribution in [0.2, 0.25) is 10.0 Å². The second-order valence-corrected chi connectivity index (χ2v) is 10.6. The Kier molecular flexibility index (Phi) is 9.03. The molecule has 184 valence electrons. The van der Waals surface area contributed by atoms with Crippen molar-refractivity contribution in [2.24, 2.45) is 0 Å². The van der Waals surface area contributed by atoms with E-state index in [0.29, 0.717) is 33.9 Å². The zero-order valence-electron chi connectivity index (χ0n) is 19.4. The van der Waals surface area contributed by atoms with Crippen molar-refractivity contribution in [1.29, 1.82) is 0 Å². The number of rotatable bonds is 7. The lowest BCUT2D eigenvalue weighted by atomic mass is 10.1. The maximum Gasteiger partial charge on any atom is 0.341 e. The fourth-order valence-electron chi connectivity index (χ4n) is 3.97. The Labute approximate surface area is 225 Å². The number of thiophene rings is 1. The van der Waals surface area contributed by atoms with E-state index in [4.69, 9.17) is 40.2 Å². The topological polar surface area (TPSA) is 44.8 Å². The summed E-state index contributed by atoms with van der Waals surface area (Å²) >= 11 is 20.0. The number of benzene rings is 2. The van der Waals surface area contributed by atoms with E-state index in [9.17, 15) is 4.79 Å². The number of hydrogen-bond donors (Lipinski definition) is 1. The van der Waals surface area contributed by atoms with E-state index in [-0.39, 0.29) is 5.97 Å². The number of anilines is 1. The third-order valence-corrected chi connectivity index (χ3v) is 7.94. The molecule has 0 spiro atoms. The molecule has 2 aromatic carbocycles. The smallest absolute Gasteiger partial charge is 0.341 e. The quantitative estimate of drug-likeness (QED) is 0.275. The number of carbonyl (C=O) groups is 1. The molecule has 1 saturated heterocycles. The van der Waals surface area contributed by atoms with Crippen LogP contribution in [0, 0.1) is 0 Å². The summed E-state index contributed by atoms with van der Waals surface area (Å²) in [6, 6.07) is 17.7. The molecule has 4 rings (SSSR count). The number of nitrogens with one attached hydrogen (secondary N) is 1. The molecule has 0 bridgehead atoms. The van der Waals surface area contributed by atoms with Gasteiger partial charge in [0.1, 0.15) is 5.00 Å². The van der Waals surface area contributed by atoms with Gasteiger partial charge < -0.3 is 15.0 Å². The van der Waals surface area contributed by atoms with Gasteiger partial charge in [0.25, 0.3) is 0 Å². The van der Waals surface area contributed by atoms with E-state index >= 15 is 0 Å². The number of halogens is 2. The van der Waals surface area contributed by atoms with Gasteiger partial charge in [-0.05, 0) is 42.9 Å². The molecular weight excluding hydrogens is 521 g/mol. The first-order valence-corrected chi connectivity index (χ1v) is 13.5. The molecule has 0 amide bonds. The monoisotopic (exact) mass is 547 g/mol. The van der Waals surface area contributed by atoms with Crippen LogP contribution in [0.4, 0.5) is 5.00 Å². The molecule has 0 atom stereocenters.